The highest BCUT2D eigenvalue weighted by Crippen LogP contribution is 2.16. The van der Waals surface area contributed by atoms with Crippen LogP contribution in [0, 0.1) is 0 Å². The van der Waals surface area contributed by atoms with Gasteiger partial charge in [-0.2, -0.15) is 0 Å². The second-order valence-electron chi connectivity index (χ2n) is 5.66. The summed E-state index contributed by atoms with van der Waals surface area (Å²) in [5, 5.41) is 4.91. The lowest BCUT2D eigenvalue weighted by atomic mass is 10.2. The Morgan fingerprint density at radius 2 is 2.00 bits per heavy atom. The van der Waals surface area contributed by atoms with E-state index in [1.165, 1.54) is 0 Å². The largest absolute Gasteiger partial charge is 0.352 e. The standard InChI is InChI=1S/C19H16N4OS/c24-19(10-15-4-3-9-25-15)21-12-14-7-8-18(20-11-14)23-13-22-16-5-1-2-6-17(16)23/h1-9,11,13H,10,12H2,(H,21,24). The lowest BCUT2D eigenvalue weighted by Gasteiger charge is -2.07. The van der Waals surface area contributed by atoms with Gasteiger partial charge < -0.3 is 5.32 Å². The van der Waals surface area contributed by atoms with Crippen molar-refractivity contribution >= 4 is 28.3 Å². The minimum Gasteiger partial charge on any atom is -0.352 e. The van der Waals surface area contributed by atoms with Crippen LogP contribution in [0.3, 0.4) is 0 Å². The number of carbonyl (C=O) groups excluding carboxylic acids is 1. The molecule has 0 radical (unpaired) electrons. The lowest BCUT2D eigenvalue weighted by molar-refractivity contribution is -0.120. The zero-order chi connectivity index (χ0) is 17.1. The molecule has 3 heterocycles. The van der Waals surface area contributed by atoms with Crippen molar-refractivity contribution in [2.75, 3.05) is 0 Å². The quantitative estimate of drug-likeness (QED) is 0.602. The van der Waals surface area contributed by atoms with Gasteiger partial charge in [-0.15, -0.1) is 11.3 Å². The average Bonchev–Trinajstić information content (AvgIpc) is 3.30. The summed E-state index contributed by atoms with van der Waals surface area (Å²) in [5.41, 5.74) is 2.92. The molecular formula is C19H16N4OS. The second kappa shape index (κ2) is 6.86. The number of hydrogen-bond donors (Lipinski definition) is 1. The van der Waals surface area contributed by atoms with Crippen LogP contribution in [0.2, 0.25) is 0 Å². The van der Waals surface area contributed by atoms with Crippen LogP contribution >= 0.6 is 11.3 Å². The van der Waals surface area contributed by atoms with E-state index in [2.05, 4.69) is 15.3 Å². The molecule has 0 spiro atoms. The molecule has 25 heavy (non-hydrogen) atoms. The molecule has 0 fully saturated rings. The summed E-state index contributed by atoms with van der Waals surface area (Å²) in [5.74, 6) is 0.828. The zero-order valence-electron chi connectivity index (χ0n) is 13.4. The maximum atomic E-state index is 11.9. The highest BCUT2D eigenvalue weighted by atomic mass is 32.1. The van der Waals surface area contributed by atoms with Crippen molar-refractivity contribution in [2.24, 2.45) is 0 Å². The van der Waals surface area contributed by atoms with E-state index in [9.17, 15) is 4.79 Å². The zero-order valence-corrected chi connectivity index (χ0v) is 14.2. The monoisotopic (exact) mass is 348 g/mol. The van der Waals surface area contributed by atoms with E-state index >= 15 is 0 Å². The molecular weight excluding hydrogens is 332 g/mol. The molecule has 5 nitrogen and oxygen atoms in total. The number of carbonyl (C=O) groups is 1. The Balaban J connectivity index is 1.42. The molecule has 4 aromatic rings. The Bertz CT molecular complexity index is 990. The number of thiophene rings is 1. The van der Waals surface area contributed by atoms with Crippen molar-refractivity contribution in [1.82, 2.24) is 19.9 Å². The number of aromatic nitrogens is 3. The van der Waals surface area contributed by atoms with Gasteiger partial charge in [-0.3, -0.25) is 9.36 Å². The maximum absolute atomic E-state index is 11.9. The number of imidazole rings is 1. The first-order valence-corrected chi connectivity index (χ1v) is 8.84. The van der Waals surface area contributed by atoms with Gasteiger partial charge in [0, 0.05) is 17.6 Å². The molecule has 4 rings (SSSR count). The topological polar surface area (TPSA) is 59.8 Å². The molecule has 1 N–H and O–H groups in total. The molecule has 1 amide bonds. The van der Waals surface area contributed by atoms with Crippen LogP contribution in [0.1, 0.15) is 10.4 Å². The number of para-hydroxylation sites is 2. The fourth-order valence-electron chi connectivity index (χ4n) is 2.64. The highest BCUT2D eigenvalue weighted by molar-refractivity contribution is 7.10. The van der Waals surface area contributed by atoms with E-state index < -0.39 is 0 Å². The number of amides is 1. The van der Waals surface area contributed by atoms with Crippen LogP contribution in [-0.2, 0) is 17.8 Å². The fourth-order valence-corrected chi connectivity index (χ4v) is 3.34. The summed E-state index contributed by atoms with van der Waals surface area (Å²) in [6.07, 6.45) is 3.98. The number of hydrogen-bond acceptors (Lipinski definition) is 4. The number of nitrogens with zero attached hydrogens (tertiary/aromatic N) is 3. The summed E-state index contributed by atoms with van der Waals surface area (Å²) >= 11 is 1.59. The van der Waals surface area contributed by atoms with Crippen molar-refractivity contribution in [3.8, 4) is 5.82 Å². The number of pyridine rings is 1. The van der Waals surface area contributed by atoms with Gasteiger partial charge >= 0.3 is 0 Å². The SMILES string of the molecule is O=C(Cc1cccs1)NCc1ccc(-n2cnc3ccccc32)nc1. The van der Waals surface area contributed by atoms with Crippen molar-refractivity contribution in [1.29, 1.82) is 0 Å². The van der Waals surface area contributed by atoms with E-state index in [4.69, 9.17) is 0 Å². The van der Waals surface area contributed by atoms with Crippen LogP contribution in [0.25, 0.3) is 16.9 Å². The number of fused-ring (bicyclic) bond motifs is 1. The van der Waals surface area contributed by atoms with E-state index in [1.54, 1.807) is 23.9 Å². The first-order valence-electron chi connectivity index (χ1n) is 7.96. The third-order valence-corrected chi connectivity index (χ3v) is 4.79. The number of nitrogens with one attached hydrogen (secondary N) is 1. The van der Waals surface area contributed by atoms with Crippen molar-refractivity contribution < 1.29 is 4.79 Å². The lowest BCUT2D eigenvalue weighted by Crippen LogP contribution is -2.24. The fraction of sp³-hybridized carbons (Fsp3) is 0.105. The summed E-state index contributed by atoms with van der Waals surface area (Å²) in [4.78, 5) is 21.9. The molecule has 0 aliphatic carbocycles. The van der Waals surface area contributed by atoms with Gasteiger partial charge in [0.05, 0.1) is 17.5 Å². The van der Waals surface area contributed by atoms with E-state index in [0.717, 1.165) is 27.3 Å². The van der Waals surface area contributed by atoms with Crippen LogP contribution in [-0.4, -0.2) is 20.4 Å². The predicted octanol–water partition coefficient (Wildman–Crippen LogP) is 3.34. The van der Waals surface area contributed by atoms with Crippen LogP contribution in [0.15, 0.2) is 66.4 Å². The van der Waals surface area contributed by atoms with Crippen molar-refractivity contribution in [3.63, 3.8) is 0 Å². The summed E-state index contributed by atoms with van der Waals surface area (Å²) in [6, 6.07) is 15.8. The first-order chi connectivity index (χ1) is 12.3. The second-order valence-corrected chi connectivity index (χ2v) is 6.69. The van der Waals surface area contributed by atoms with E-state index in [-0.39, 0.29) is 5.91 Å². The normalized spacial score (nSPS) is 10.9. The minimum atomic E-state index is 0.0205. The Kier molecular flexibility index (Phi) is 4.26. The highest BCUT2D eigenvalue weighted by Gasteiger charge is 2.06. The van der Waals surface area contributed by atoms with Crippen LogP contribution in [0.4, 0.5) is 0 Å². The van der Waals surface area contributed by atoms with Gasteiger partial charge in [0.15, 0.2) is 0 Å². The van der Waals surface area contributed by atoms with Crippen LogP contribution in [0.5, 0.6) is 0 Å². The molecule has 6 heteroatoms. The summed E-state index contributed by atoms with van der Waals surface area (Å²) in [6.45, 7) is 0.474. The van der Waals surface area contributed by atoms with Gasteiger partial charge in [0.1, 0.15) is 12.1 Å². The molecule has 124 valence electrons. The average molecular weight is 348 g/mol. The summed E-state index contributed by atoms with van der Waals surface area (Å²) in [7, 11) is 0. The Morgan fingerprint density at radius 3 is 2.80 bits per heavy atom. The third-order valence-electron chi connectivity index (χ3n) is 3.91. The van der Waals surface area contributed by atoms with Gasteiger partial charge in [-0.05, 0) is 35.2 Å². The van der Waals surface area contributed by atoms with E-state index in [0.29, 0.717) is 13.0 Å². The van der Waals surface area contributed by atoms with Gasteiger partial charge in [-0.1, -0.05) is 24.3 Å². The minimum absolute atomic E-state index is 0.0205. The molecule has 0 atom stereocenters. The maximum Gasteiger partial charge on any atom is 0.225 e. The number of rotatable bonds is 5. The number of benzene rings is 1. The van der Waals surface area contributed by atoms with Crippen molar-refractivity contribution in [3.05, 3.63) is 76.9 Å². The first kappa shape index (κ1) is 15.5. The Labute approximate surface area is 149 Å². The Hall–Kier alpha value is -2.99. The van der Waals surface area contributed by atoms with Gasteiger partial charge in [0.2, 0.25) is 5.91 Å². The van der Waals surface area contributed by atoms with Gasteiger partial charge in [0.25, 0.3) is 0 Å². The van der Waals surface area contributed by atoms with Crippen molar-refractivity contribution in [2.45, 2.75) is 13.0 Å². The molecule has 0 unspecified atom stereocenters. The molecule has 0 aliphatic rings. The smallest absolute Gasteiger partial charge is 0.225 e. The Morgan fingerprint density at radius 1 is 1.08 bits per heavy atom. The van der Waals surface area contributed by atoms with Gasteiger partial charge in [-0.25, -0.2) is 9.97 Å². The predicted molar refractivity (Wildman–Crippen MR) is 98.7 cm³/mol. The summed E-state index contributed by atoms with van der Waals surface area (Å²) < 4.78 is 1.95. The molecule has 1 aromatic carbocycles. The molecule has 0 saturated heterocycles. The third kappa shape index (κ3) is 3.44. The molecule has 0 aliphatic heterocycles. The molecule has 0 saturated carbocycles. The van der Waals surface area contributed by atoms with E-state index in [1.807, 2.05) is 58.5 Å². The molecule has 3 aromatic heterocycles. The molecule has 0 bridgehead atoms. The van der Waals surface area contributed by atoms with Crippen LogP contribution < -0.4 is 5.32 Å².